The number of nitrogens with one attached hydrogen (secondary N) is 2. The fourth-order valence-corrected chi connectivity index (χ4v) is 3.76. The molecule has 3 N–H and O–H groups in total. The number of aliphatic hydroxyl groups is 1. The summed E-state index contributed by atoms with van der Waals surface area (Å²) >= 11 is 0. The standard InChI is InChI=1S/C23H31FN4O5/c1-23(2,3)33-22(32)27-9-7-15(8-10-27)14-25-20-16(24)5-4-6-17(20)26-18-13-19(30)28(11-12-29)21(18)31/h4-6,13,15,25-26,29H,7-12,14H2,1-3H3. The molecule has 0 aromatic heterocycles. The fourth-order valence-electron chi connectivity index (χ4n) is 3.76. The molecule has 0 atom stereocenters. The summed E-state index contributed by atoms with van der Waals surface area (Å²) in [5, 5.41) is 15.0. The zero-order chi connectivity index (χ0) is 24.2. The van der Waals surface area contributed by atoms with Gasteiger partial charge in [0.05, 0.1) is 24.5 Å². The van der Waals surface area contributed by atoms with Crippen LogP contribution < -0.4 is 10.6 Å². The van der Waals surface area contributed by atoms with E-state index in [-0.39, 0.29) is 36.5 Å². The van der Waals surface area contributed by atoms with Gasteiger partial charge in [-0.2, -0.15) is 0 Å². The Bertz CT molecular complexity index is 935. The van der Waals surface area contributed by atoms with E-state index < -0.39 is 23.2 Å². The highest BCUT2D eigenvalue weighted by Crippen LogP contribution is 2.29. The van der Waals surface area contributed by atoms with Crippen LogP contribution in [0, 0.1) is 11.7 Å². The van der Waals surface area contributed by atoms with Crippen molar-refractivity contribution in [3.8, 4) is 0 Å². The van der Waals surface area contributed by atoms with Gasteiger partial charge < -0.3 is 25.4 Å². The van der Waals surface area contributed by atoms with Gasteiger partial charge in [0.15, 0.2) is 0 Å². The van der Waals surface area contributed by atoms with E-state index in [4.69, 9.17) is 9.84 Å². The summed E-state index contributed by atoms with van der Waals surface area (Å²) in [4.78, 5) is 39.2. The third kappa shape index (κ3) is 6.22. The number of para-hydroxylation sites is 1. The average molecular weight is 463 g/mol. The van der Waals surface area contributed by atoms with Crippen LogP contribution in [0.4, 0.5) is 20.6 Å². The number of nitrogens with zero attached hydrogens (tertiary/aromatic N) is 2. The van der Waals surface area contributed by atoms with Gasteiger partial charge in [-0.3, -0.25) is 14.5 Å². The number of hydrogen-bond acceptors (Lipinski definition) is 7. The fraction of sp³-hybridized carbons (Fsp3) is 0.522. The van der Waals surface area contributed by atoms with Crippen LogP contribution in [0.3, 0.4) is 0 Å². The maximum atomic E-state index is 14.6. The lowest BCUT2D eigenvalue weighted by molar-refractivity contribution is -0.137. The minimum absolute atomic E-state index is 0.0211. The lowest BCUT2D eigenvalue weighted by Crippen LogP contribution is -2.42. The summed E-state index contributed by atoms with van der Waals surface area (Å²) in [6.45, 7) is 6.67. The second kappa shape index (κ2) is 10.2. The van der Waals surface area contributed by atoms with Crippen LogP contribution in [0.2, 0.25) is 0 Å². The number of β-amino-alcohol motifs (C(OH)–C–C–N with tert-alkyl or cyclic N) is 1. The van der Waals surface area contributed by atoms with Crippen molar-refractivity contribution in [2.75, 3.05) is 43.4 Å². The highest BCUT2D eigenvalue weighted by Gasteiger charge is 2.31. The van der Waals surface area contributed by atoms with Gasteiger partial charge in [-0.15, -0.1) is 0 Å². The van der Waals surface area contributed by atoms with Crippen molar-refractivity contribution in [2.45, 2.75) is 39.2 Å². The third-order valence-electron chi connectivity index (χ3n) is 5.45. The first kappa shape index (κ1) is 24.5. The Morgan fingerprint density at radius 3 is 2.58 bits per heavy atom. The summed E-state index contributed by atoms with van der Waals surface area (Å²) in [6.07, 6.45) is 2.31. The topological polar surface area (TPSA) is 111 Å². The number of imide groups is 1. The molecule has 3 amide bonds. The van der Waals surface area contributed by atoms with Crippen molar-refractivity contribution >= 4 is 29.3 Å². The quantitative estimate of drug-likeness (QED) is 0.534. The molecule has 1 aromatic rings. The smallest absolute Gasteiger partial charge is 0.410 e. The second-order valence-electron chi connectivity index (χ2n) is 9.16. The number of aliphatic hydroxyl groups excluding tert-OH is 1. The third-order valence-corrected chi connectivity index (χ3v) is 5.45. The van der Waals surface area contributed by atoms with Gasteiger partial charge in [-0.25, -0.2) is 9.18 Å². The Hall–Kier alpha value is -3.14. The second-order valence-corrected chi connectivity index (χ2v) is 9.16. The summed E-state index contributed by atoms with van der Waals surface area (Å²) in [6, 6.07) is 4.44. The Morgan fingerprint density at radius 2 is 1.94 bits per heavy atom. The number of carbonyl (C=O) groups is 3. The van der Waals surface area contributed by atoms with E-state index in [9.17, 15) is 18.8 Å². The highest BCUT2D eigenvalue weighted by atomic mass is 19.1. The zero-order valence-corrected chi connectivity index (χ0v) is 19.2. The molecular formula is C23H31FN4O5. The average Bonchev–Trinajstić information content (AvgIpc) is 3.00. The predicted molar refractivity (Wildman–Crippen MR) is 121 cm³/mol. The predicted octanol–water partition coefficient (Wildman–Crippen LogP) is 2.54. The maximum absolute atomic E-state index is 14.6. The molecule has 0 radical (unpaired) electrons. The Balaban J connectivity index is 1.59. The van der Waals surface area contributed by atoms with Crippen LogP contribution >= 0.6 is 0 Å². The molecule has 2 aliphatic heterocycles. The number of anilines is 2. The summed E-state index contributed by atoms with van der Waals surface area (Å²) in [7, 11) is 0. The van der Waals surface area contributed by atoms with Crippen LogP contribution in [-0.2, 0) is 14.3 Å². The molecule has 0 aliphatic carbocycles. The van der Waals surface area contributed by atoms with Gasteiger partial charge in [0.1, 0.15) is 17.1 Å². The number of benzene rings is 1. The van der Waals surface area contributed by atoms with E-state index in [1.807, 2.05) is 20.8 Å². The van der Waals surface area contributed by atoms with Crippen molar-refractivity contribution in [3.05, 3.63) is 35.8 Å². The monoisotopic (exact) mass is 462 g/mol. The molecule has 0 saturated carbocycles. The SMILES string of the molecule is CC(C)(C)OC(=O)N1CCC(CNc2c(F)cccc2NC2=CC(=O)N(CCO)C2=O)CC1. The normalized spacial score (nSPS) is 17.3. The number of rotatable bonds is 7. The summed E-state index contributed by atoms with van der Waals surface area (Å²) < 4.78 is 20.0. The molecule has 0 unspecified atom stereocenters. The lowest BCUT2D eigenvalue weighted by Gasteiger charge is -2.33. The number of likely N-dealkylation sites (tertiary alicyclic amines) is 1. The number of hydrogen-bond donors (Lipinski definition) is 3. The van der Waals surface area contributed by atoms with Gasteiger partial charge in [0.25, 0.3) is 11.8 Å². The Kier molecular flexibility index (Phi) is 7.57. The maximum Gasteiger partial charge on any atom is 0.410 e. The molecule has 10 heteroatoms. The number of ether oxygens (including phenoxy) is 1. The molecule has 0 spiro atoms. The largest absolute Gasteiger partial charge is 0.444 e. The van der Waals surface area contributed by atoms with Crippen LogP contribution in [0.1, 0.15) is 33.6 Å². The minimum Gasteiger partial charge on any atom is -0.444 e. The van der Waals surface area contributed by atoms with E-state index in [0.29, 0.717) is 25.3 Å². The molecule has 1 aromatic carbocycles. The van der Waals surface area contributed by atoms with E-state index in [1.54, 1.807) is 11.0 Å². The lowest BCUT2D eigenvalue weighted by atomic mass is 9.97. The molecular weight excluding hydrogens is 431 g/mol. The van der Waals surface area contributed by atoms with Gasteiger partial charge in [0, 0.05) is 25.7 Å². The molecule has 1 fully saturated rings. The van der Waals surface area contributed by atoms with Gasteiger partial charge in [-0.05, 0) is 51.7 Å². The van der Waals surface area contributed by atoms with Gasteiger partial charge >= 0.3 is 6.09 Å². The first-order valence-electron chi connectivity index (χ1n) is 11.0. The van der Waals surface area contributed by atoms with Crippen LogP contribution in [0.5, 0.6) is 0 Å². The van der Waals surface area contributed by atoms with Gasteiger partial charge in [0.2, 0.25) is 0 Å². The summed E-state index contributed by atoms with van der Waals surface area (Å²) in [5.41, 5.74) is 0.0145. The van der Waals surface area contributed by atoms with E-state index >= 15 is 0 Å². The number of piperidine rings is 1. The zero-order valence-electron chi connectivity index (χ0n) is 19.2. The minimum atomic E-state index is -0.571. The molecule has 9 nitrogen and oxygen atoms in total. The van der Waals surface area contributed by atoms with Crippen LogP contribution in [0.15, 0.2) is 30.0 Å². The van der Waals surface area contributed by atoms with E-state index in [1.165, 1.54) is 12.1 Å². The summed E-state index contributed by atoms with van der Waals surface area (Å²) in [5.74, 6) is -1.36. The van der Waals surface area contributed by atoms with Crippen molar-refractivity contribution in [2.24, 2.45) is 5.92 Å². The molecule has 3 rings (SSSR count). The molecule has 2 heterocycles. The van der Waals surface area contributed by atoms with Crippen LogP contribution in [-0.4, -0.2) is 71.2 Å². The van der Waals surface area contributed by atoms with Crippen molar-refractivity contribution < 1.29 is 28.6 Å². The first-order valence-corrected chi connectivity index (χ1v) is 11.0. The molecule has 0 bridgehead atoms. The molecule has 33 heavy (non-hydrogen) atoms. The van der Waals surface area contributed by atoms with Crippen molar-refractivity contribution in [1.29, 1.82) is 0 Å². The molecule has 180 valence electrons. The van der Waals surface area contributed by atoms with E-state index in [2.05, 4.69) is 10.6 Å². The number of carbonyl (C=O) groups excluding carboxylic acids is 3. The number of halogens is 1. The highest BCUT2D eigenvalue weighted by molar-refractivity contribution is 6.17. The van der Waals surface area contributed by atoms with Crippen molar-refractivity contribution in [1.82, 2.24) is 9.80 Å². The molecule has 1 saturated heterocycles. The number of amides is 3. The molecule has 2 aliphatic rings. The van der Waals surface area contributed by atoms with Crippen molar-refractivity contribution in [3.63, 3.8) is 0 Å². The van der Waals surface area contributed by atoms with Gasteiger partial charge in [-0.1, -0.05) is 6.07 Å². The first-order chi connectivity index (χ1) is 15.6. The van der Waals surface area contributed by atoms with E-state index in [0.717, 1.165) is 23.8 Å². The Morgan fingerprint density at radius 1 is 1.24 bits per heavy atom. The van der Waals surface area contributed by atoms with Crippen LogP contribution in [0.25, 0.3) is 0 Å². The Labute approximate surface area is 192 Å².